The Morgan fingerprint density at radius 3 is 2.89 bits per heavy atom. The van der Waals surface area contributed by atoms with Gasteiger partial charge in [0.2, 0.25) is 0 Å². The summed E-state index contributed by atoms with van der Waals surface area (Å²) >= 11 is 0. The number of aliphatic hydroxyl groups is 1. The van der Waals surface area contributed by atoms with Crippen LogP contribution in [0.3, 0.4) is 0 Å². The zero-order valence-electron chi connectivity index (χ0n) is 6.66. The van der Waals surface area contributed by atoms with Crippen molar-refractivity contribution < 1.29 is 17.7 Å². The Morgan fingerprint density at radius 1 is 2.00 bits per heavy atom. The molecule has 1 aliphatic rings. The molecule has 3 N–H and O–H groups in total. The number of aliphatic hydroxyl groups excluding tert-OH is 1. The molecule has 1 saturated heterocycles. The van der Waals surface area contributed by atoms with E-state index in [0.29, 0.717) is 0 Å². The average Bonchev–Trinajstić information content (AvgIpc) is 2.08. The minimum absolute atomic E-state index is 0.0181. The molecule has 4 nitrogen and oxygen atoms in total. The molecule has 1 unspecified atom stereocenters. The molecular formula is C5H9NO3. The number of rotatable bonds is 1. The minimum atomic E-state index is -2.04. The van der Waals surface area contributed by atoms with Gasteiger partial charge in [0.15, 0.2) is 0 Å². The third-order valence-corrected chi connectivity index (χ3v) is 1.10. The SMILES string of the molecule is [2H][C@H]1CC(O)N[C@]1([2H])C(=O)O. The van der Waals surface area contributed by atoms with Gasteiger partial charge in [-0.05, 0) is 12.8 Å². The van der Waals surface area contributed by atoms with Crippen LogP contribution in [0.1, 0.15) is 15.6 Å². The van der Waals surface area contributed by atoms with E-state index in [1.165, 1.54) is 0 Å². The molecule has 0 aromatic rings. The summed E-state index contributed by atoms with van der Waals surface area (Å²) in [7, 11) is 0. The fourth-order valence-electron chi connectivity index (χ4n) is 0.676. The van der Waals surface area contributed by atoms with Crippen molar-refractivity contribution in [1.82, 2.24) is 5.32 Å². The van der Waals surface area contributed by atoms with E-state index in [-0.39, 0.29) is 6.42 Å². The predicted octanol–water partition coefficient (Wildman–Crippen LogP) is -0.859. The van der Waals surface area contributed by atoms with Crippen LogP contribution in [0.2, 0.25) is 0 Å². The second kappa shape index (κ2) is 2.33. The van der Waals surface area contributed by atoms with Gasteiger partial charge >= 0.3 is 5.97 Å². The zero-order valence-corrected chi connectivity index (χ0v) is 4.66. The van der Waals surface area contributed by atoms with Crippen molar-refractivity contribution in [3.8, 4) is 0 Å². The van der Waals surface area contributed by atoms with Crippen LogP contribution in [0.4, 0.5) is 0 Å². The van der Waals surface area contributed by atoms with E-state index >= 15 is 0 Å². The van der Waals surface area contributed by atoms with Gasteiger partial charge in [-0.25, -0.2) is 0 Å². The molecule has 0 radical (unpaired) electrons. The maximum atomic E-state index is 10.4. The van der Waals surface area contributed by atoms with Gasteiger partial charge in [-0.3, -0.25) is 10.1 Å². The first-order chi connectivity index (χ1) is 4.97. The van der Waals surface area contributed by atoms with E-state index in [9.17, 15) is 4.79 Å². The van der Waals surface area contributed by atoms with Gasteiger partial charge < -0.3 is 10.2 Å². The van der Waals surface area contributed by atoms with E-state index < -0.39 is 24.6 Å². The summed E-state index contributed by atoms with van der Waals surface area (Å²) in [6, 6.07) is -2.04. The van der Waals surface area contributed by atoms with Crippen molar-refractivity contribution in [3.05, 3.63) is 0 Å². The van der Waals surface area contributed by atoms with Crippen LogP contribution in [0.25, 0.3) is 0 Å². The molecule has 9 heavy (non-hydrogen) atoms. The number of carboxylic acids is 1. The van der Waals surface area contributed by atoms with Crippen LogP contribution < -0.4 is 5.32 Å². The lowest BCUT2D eigenvalue weighted by Crippen LogP contribution is -2.34. The molecule has 0 spiro atoms. The number of hydrogen-bond donors (Lipinski definition) is 3. The molecule has 0 bridgehead atoms. The summed E-state index contributed by atoms with van der Waals surface area (Å²) in [5.41, 5.74) is 0. The molecule has 0 aromatic heterocycles. The molecule has 52 valence electrons. The second-order valence-corrected chi connectivity index (χ2v) is 1.82. The van der Waals surface area contributed by atoms with Gasteiger partial charge in [-0.15, -0.1) is 0 Å². The van der Waals surface area contributed by atoms with Crippen LogP contribution in [-0.4, -0.2) is 28.4 Å². The van der Waals surface area contributed by atoms with Crippen molar-refractivity contribution in [2.45, 2.75) is 25.1 Å². The smallest absolute Gasteiger partial charge is 0.320 e. The highest BCUT2D eigenvalue weighted by atomic mass is 16.4. The topological polar surface area (TPSA) is 69.6 Å². The lowest BCUT2D eigenvalue weighted by atomic mass is 10.2. The Bertz CT molecular complexity index is 189. The molecule has 1 heterocycles. The molecule has 1 rings (SSSR count). The number of carbonyl (C=O) groups is 1. The monoisotopic (exact) mass is 133 g/mol. The first-order valence-electron chi connectivity index (χ1n) is 3.66. The van der Waals surface area contributed by atoms with E-state index in [2.05, 4.69) is 5.32 Å². The quantitative estimate of drug-likeness (QED) is 0.435. The van der Waals surface area contributed by atoms with Gasteiger partial charge in [-0.2, -0.15) is 0 Å². The molecule has 4 heteroatoms. The second-order valence-electron chi connectivity index (χ2n) is 1.82. The third kappa shape index (κ3) is 1.40. The highest BCUT2D eigenvalue weighted by molar-refractivity contribution is 5.73. The van der Waals surface area contributed by atoms with Crippen molar-refractivity contribution in [2.75, 3.05) is 0 Å². The van der Waals surface area contributed by atoms with Crippen molar-refractivity contribution in [1.29, 1.82) is 0 Å². The van der Waals surface area contributed by atoms with Gasteiger partial charge in [0.25, 0.3) is 0 Å². The van der Waals surface area contributed by atoms with Crippen LogP contribution in [0.5, 0.6) is 0 Å². The molecular weight excluding hydrogens is 122 g/mol. The Hall–Kier alpha value is -0.610. The maximum Gasteiger partial charge on any atom is 0.320 e. The molecule has 0 aliphatic carbocycles. The van der Waals surface area contributed by atoms with E-state index in [4.69, 9.17) is 13.0 Å². The van der Waals surface area contributed by atoms with Crippen LogP contribution in [-0.2, 0) is 4.79 Å². The van der Waals surface area contributed by atoms with Gasteiger partial charge in [-0.1, -0.05) is 0 Å². The summed E-state index contributed by atoms with van der Waals surface area (Å²) in [6.45, 7) is 0. The predicted molar refractivity (Wildman–Crippen MR) is 29.8 cm³/mol. The lowest BCUT2D eigenvalue weighted by Gasteiger charge is -2.03. The Labute approximate surface area is 55.3 Å². The first kappa shape index (κ1) is 4.24. The highest BCUT2D eigenvalue weighted by Crippen LogP contribution is 2.09. The molecule has 1 aliphatic heterocycles. The molecule has 0 aromatic carbocycles. The molecule has 3 atom stereocenters. The van der Waals surface area contributed by atoms with Gasteiger partial charge in [0.1, 0.15) is 12.2 Å². The summed E-state index contributed by atoms with van der Waals surface area (Å²) in [4.78, 5) is 10.4. The zero-order chi connectivity index (χ0) is 8.65. The normalized spacial score (nSPS) is 54.3. The minimum Gasteiger partial charge on any atom is -0.480 e. The summed E-state index contributed by atoms with van der Waals surface area (Å²) in [5.74, 6) is -1.42. The van der Waals surface area contributed by atoms with Crippen molar-refractivity contribution in [3.63, 3.8) is 0 Å². The summed E-state index contributed by atoms with van der Waals surface area (Å²) < 4.78 is 14.4. The van der Waals surface area contributed by atoms with Gasteiger partial charge in [0, 0.05) is 1.37 Å². The molecule has 0 saturated carbocycles. The average molecular weight is 133 g/mol. The maximum absolute atomic E-state index is 10.4. The Morgan fingerprint density at radius 2 is 2.67 bits per heavy atom. The van der Waals surface area contributed by atoms with Crippen molar-refractivity contribution in [2.24, 2.45) is 0 Å². The van der Waals surface area contributed by atoms with E-state index in [1.54, 1.807) is 0 Å². The van der Waals surface area contributed by atoms with Crippen LogP contribution in [0.15, 0.2) is 0 Å². The summed E-state index contributed by atoms with van der Waals surface area (Å²) in [6.07, 6.45) is -2.18. The van der Waals surface area contributed by atoms with Crippen LogP contribution >= 0.6 is 0 Å². The third-order valence-electron chi connectivity index (χ3n) is 1.10. The fraction of sp³-hybridized carbons (Fsp3) is 0.800. The van der Waals surface area contributed by atoms with Crippen LogP contribution in [0, 0.1) is 0 Å². The molecule has 1 fully saturated rings. The first-order valence-corrected chi connectivity index (χ1v) is 2.58. The van der Waals surface area contributed by atoms with E-state index in [1.807, 2.05) is 0 Å². The fourth-order valence-corrected chi connectivity index (χ4v) is 0.676. The Balaban J connectivity index is 2.79. The summed E-state index contributed by atoms with van der Waals surface area (Å²) in [5, 5.41) is 19.5. The number of aliphatic carboxylic acids is 1. The van der Waals surface area contributed by atoms with Gasteiger partial charge in [0.05, 0.1) is 1.37 Å². The number of hydrogen-bond acceptors (Lipinski definition) is 3. The Kier molecular flexibility index (Phi) is 1.10. The van der Waals surface area contributed by atoms with E-state index in [0.717, 1.165) is 0 Å². The highest BCUT2D eigenvalue weighted by Gasteiger charge is 2.26. The standard InChI is InChI=1S/C5H9NO3/c7-4-2-1-3(6-4)5(8)9/h3-4,6-7H,1-2H2,(H,8,9)/t3-,4?/m0/s1/i1D,3D/t1-,3-,4?. The number of nitrogens with one attached hydrogen (secondary N) is 1. The lowest BCUT2D eigenvalue weighted by molar-refractivity contribution is -0.139. The number of carboxylic acid groups (broad SMARTS) is 1. The van der Waals surface area contributed by atoms with Crippen molar-refractivity contribution >= 4 is 5.97 Å². The molecule has 0 amide bonds. The largest absolute Gasteiger partial charge is 0.480 e.